The summed E-state index contributed by atoms with van der Waals surface area (Å²) in [4.78, 5) is 18.9. The van der Waals surface area contributed by atoms with E-state index < -0.39 is 0 Å². The molecular formula is C21H30FIN6O2. The Morgan fingerprint density at radius 3 is 2.77 bits per heavy atom. The first-order valence-corrected chi connectivity index (χ1v) is 10.2. The van der Waals surface area contributed by atoms with Crippen molar-refractivity contribution in [2.75, 3.05) is 39.3 Å². The Labute approximate surface area is 199 Å². The monoisotopic (exact) mass is 544 g/mol. The number of hydrogen-bond donors (Lipinski definition) is 2. The second-order valence-electron chi connectivity index (χ2n) is 7.14. The predicted molar refractivity (Wildman–Crippen MR) is 128 cm³/mol. The van der Waals surface area contributed by atoms with Crippen molar-refractivity contribution in [3.8, 4) is 0 Å². The fourth-order valence-corrected chi connectivity index (χ4v) is 3.28. The molecule has 3 rings (SSSR count). The maximum atomic E-state index is 12.9. The van der Waals surface area contributed by atoms with Crippen LogP contribution in [0, 0.1) is 5.82 Å². The molecule has 170 valence electrons. The Balaban J connectivity index is 0.00000341. The minimum absolute atomic E-state index is 0. The molecule has 0 radical (unpaired) electrons. The van der Waals surface area contributed by atoms with E-state index in [0.717, 1.165) is 30.2 Å². The van der Waals surface area contributed by atoms with Crippen LogP contribution in [-0.2, 0) is 23.0 Å². The van der Waals surface area contributed by atoms with Gasteiger partial charge in [-0.25, -0.2) is 4.39 Å². The molecule has 0 bridgehead atoms. The molecule has 1 saturated heterocycles. The summed E-state index contributed by atoms with van der Waals surface area (Å²) in [5, 5.41) is 10.4. The molecule has 0 saturated carbocycles. The van der Waals surface area contributed by atoms with Gasteiger partial charge < -0.3 is 20.3 Å². The number of nitrogens with zero attached hydrogens (tertiary/aromatic N) is 4. The number of carbonyl (C=O) groups excluding carboxylic acids is 1. The highest BCUT2D eigenvalue weighted by Crippen LogP contribution is 2.21. The average molecular weight is 544 g/mol. The van der Waals surface area contributed by atoms with E-state index in [9.17, 15) is 9.18 Å². The Morgan fingerprint density at radius 1 is 1.32 bits per heavy atom. The molecule has 2 N–H and O–H groups in total. The topological polar surface area (TPSA) is 83.8 Å². The number of nitrogens with one attached hydrogen (secondary N) is 2. The average Bonchev–Trinajstić information content (AvgIpc) is 3.18. The molecule has 8 nitrogen and oxygen atoms in total. The van der Waals surface area contributed by atoms with Gasteiger partial charge in [0.2, 0.25) is 5.91 Å². The second kappa shape index (κ2) is 12.6. The Kier molecular flexibility index (Phi) is 10.2. The van der Waals surface area contributed by atoms with Gasteiger partial charge >= 0.3 is 0 Å². The van der Waals surface area contributed by atoms with Crippen molar-refractivity contribution in [1.82, 2.24) is 25.3 Å². The number of benzene rings is 1. The smallest absolute Gasteiger partial charge is 0.224 e. The molecule has 1 unspecified atom stereocenters. The summed E-state index contributed by atoms with van der Waals surface area (Å²) in [6, 6.07) is 5.95. The van der Waals surface area contributed by atoms with Crippen molar-refractivity contribution < 1.29 is 13.9 Å². The van der Waals surface area contributed by atoms with Crippen LogP contribution in [-0.4, -0.2) is 65.9 Å². The summed E-state index contributed by atoms with van der Waals surface area (Å²) in [6.45, 7) is 5.73. The van der Waals surface area contributed by atoms with E-state index >= 15 is 0 Å². The van der Waals surface area contributed by atoms with E-state index in [1.165, 1.54) is 12.1 Å². The lowest BCUT2D eigenvalue weighted by atomic mass is 10.1. The molecule has 1 atom stereocenters. The molecule has 1 aromatic heterocycles. The number of halogens is 2. The van der Waals surface area contributed by atoms with Gasteiger partial charge in [-0.3, -0.25) is 14.5 Å². The van der Waals surface area contributed by atoms with Crippen molar-refractivity contribution >= 4 is 35.8 Å². The van der Waals surface area contributed by atoms with Gasteiger partial charge in [0.25, 0.3) is 0 Å². The number of guanidine groups is 1. The van der Waals surface area contributed by atoms with Gasteiger partial charge in [-0.2, -0.15) is 5.10 Å². The van der Waals surface area contributed by atoms with Gasteiger partial charge in [-0.05, 0) is 24.6 Å². The summed E-state index contributed by atoms with van der Waals surface area (Å²) in [6.07, 6.45) is 3.97. The van der Waals surface area contributed by atoms with Crippen LogP contribution in [0.15, 0.2) is 41.7 Å². The molecule has 1 aliphatic heterocycles. The van der Waals surface area contributed by atoms with E-state index in [1.54, 1.807) is 16.8 Å². The number of carbonyl (C=O) groups is 1. The standard InChI is InChI=1S/C21H29FN6O2.HI/c1-3-23-21(28-10-11-30-19(15-28)17-13-26-27(2)14-17)25-9-8-24-20(29)12-16-4-6-18(22)7-5-16;/h4-7,13-14,19H,3,8-12,15H2,1-2H3,(H,23,25)(H,24,29);1H. The molecule has 0 aliphatic carbocycles. The first kappa shape index (κ1) is 25.1. The van der Waals surface area contributed by atoms with Crippen LogP contribution in [0.3, 0.4) is 0 Å². The normalized spacial score (nSPS) is 16.5. The third-order valence-electron chi connectivity index (χ3n) is 4.77. The summed E-state index contributed by atoms with van der Waals surface area (Å²) < 4.78 is 20.6. The quantitative estimate of drug-likeness (QED) is 0.241. The molecule has 10 heteroatoms. The summed E-state index contributed by atoms with van der Waals surface area (Å²) >= 11 is 0. The van der Waals surface area contributed by atoms with Gasteiger partial charge in [0.1, 0.15) is 11.9 Å². The van der Waals surface area contributed by atoms with Crippen molar-refractivity contribution in [3.63, 3.8) is 0 Å². The Hall–Kier alpha value is -2.21. The minimum atomic E-state index is -0.307. The van der Waals surface area contributed by atoms with Crippen LogP contribution in [0.25, 0.3) is 0 Å². The lowest BCUT2D eigenvalue weighted by molar-refractivity contribution is -0.120. The maximum absolute atomic E-state index is 12.9. The summed E-state index contributed by atoms with van der Waals surface area (Å²) in [7, 11) is 1.89. The number of aromatic nitrogens is 2. The van der Waals surface area contributed by atoms with Crippen LogP contribution in [0.2, 0.25) is 0 Å². The molecule has 1 amide bonds. The third kappa shape index (κ3) is 7.76. The van der Waals surface area contributed by atoms with E-state index in [1.807, 2.05) is 26.4 Å². The first-order chi connectivity index (χ1) is 14.5. The number of morpholine rings is 1. The predicted octanol–water partition coefficient (Wildman–Crippen LogP) is 1.87. The van der Waals surface area contributed by atoms with Gasteiger partial charge in [0.15, 0.2) is 5.96 Å². The van der Waals surface area contributed by atoms with Crippen LogP contribution in [0.5, 0.6) is 0 Å². The number of rotatable bonds is 7. The lowest BCUT2D eigenvalue weighted by Gasteiger charge is -2.34. The van der Waals surface area contributed by atoms with E-state index in [4.69, 9.17) is 4.74 Å². The zero-order valence-electron chi connectivity index (χ0n) is 17.9. The zero-order valence-corrected chi connectivity index (χ0v) is 20.2. The van der Waals surface area contributed by atoms with E-state index in [-0.39, 0.29) is 48.2 Å². The fourth-order valence-electron chi connectivity index (χ4n) is 3.28. The van der Waals surface area contributed by atoms with Crippen LogP contribution in [0.4, 0.5) is 4.39 Å². The zero-order chi connectivity index (χ0) is 21.3. The number of ether oxygens (including phenoxy) is 1. The second-order valence-corrected chi connectivity index (χ2v) is 7.14. The lowest BCUT2D eigenvalue weighted by Crippen LogP contribution is -2.48. The number of aryl methyl sites for hydroxylation is 1. The van der Waals surface area contributed by atoms with Crippen molar-refractivity contribution in [2.45, 2.75) is 19.4 Å². The van der Waals surface area contributed by atoms with E-state index in [0.29, 0.717) is 26.2 Å². The molecule has 31 heavy (non-hydrogen) atoms. The number of amides is 1. The van der Waals surface area contributed by atoms with Gasteiger partial charge in [0, 0.05) is 38.4 Å². The SMILES string of the molecule is CCNC(=NCCNC(=O)Cc1ccc(F)cc1)N1CCOC(c2cnn(C)c2)C1.I. The van der Waals surface area contributed by atoms with Crippen LogP contribution >= 0.6 is 24.0 Å². The highest BCUT2D eigenvalue weighted by molar-refractivity contribution is 14.0. The van der Waals surface area contributed by atoms with Gasteiger partial charge in [-0.15, -0.1) is 24.0 Å². The van der Waals surface area contributed by atoms with Crippen LogP contribution < -0.4 is 10.6 Å². The third-order valence-corrected chi connectivity index (χ3v) is 4.77. The molecule has 2 heterocycles. The van der Waals surface area contributed by atoms with Crippen molar-refractivity contribution in [2.24, 2.45) is 12.0 Å². The van der Waals surface area contributed by atoms with Gasteiger partial charge in [-0.1, -0.05) is 12.1 Å². The molecular weight excluding hydrogens is 514 g/mol. The molecule has 1 aliphatic rings. The van der Waals surface area contributed by atoms with E-state index in [2.05, 4.69) is 25.6 Å². The maximum Gasteiger partial charge on any atom is 0.224 e. The molecule has 1 fully saturated rings. The largest absolute Gasteiger partial charge is 0.370 e. The Bertz CT molecular complexity index is 858. The van der Waals surface area contributed by atoms with Crippen LogP contribution in [0.1, 0.15) is 24.2 Å². The molecule has 2 aromatic rings. The summed E-state index contributed by atoms with van der Waals surface area (Å²) in [5.41, 5.74) is 1.83. The fraction of sp³-hybridized carbons (Fsp3) is 0.476. The molecule has 1 aromatic carbocycles. The minimum Gasteiger partial charge on any atom is -0.370 e. The molecule has 0 spiro atoms. The van der Waals surface area contributed by atoms with Crippen molar-refractivity contribution in [3.05, 3.63) is 53.6 Å². The Morgan fingerprint density at radius 2 is 2.10 bits per heavy atom. The highest BCUT2D eigenvalue weighted by atomic mass is 127. The summed E-state index contributed by atoms with van der Waals surface area (Å²) in [5.74, 6) is 0.394. The number of hydrogen-bond acceptors (Lipinski definition) is 4. The first-order valence-electron chi connectivity index (χ1n) is 10.2. The number of aliphatic imine (C=N–C) groups is 1. The van der Waals surface area contributed by atoms with Gasteiger partial charge in [0.05, 0.1) is 32.3 Å². The highest BCUT2D eigenvalue weighted by Gasteiger charge is 2.25. The van der Waals surface area contributed by atoms with Crippen molar-refractivity contribution in [1.29, 1.82) is 0 Å².